The van der Waals surface area contributed by atoms with Crippen LogP contribution in [-0.2, 0) is 27.3 Å². The van der Waals surface area contributed by atoms with Crippen molar-refractivity contribution in [3.8, 4) is 34.6 Å². The SMILES string of the molecule is CCC(CC#N)OC(=O)N[C@@H](C)c1cccc(NC(=O)Nc2ccc(-c3cnco3)c(OC)c2)c1.COc1c(C)c2c(c(O)c1C/C=C(\C)CCC(=O)O)C(=O)OC2. The minimum Gasteiger partial charge on any atom is -0.507 e. The summed E-state index contributed by atoms with van der Waals surface area (Å²) in [6.07, 6.45) is 5.23. The molecule has 0 radical (unpaired) electrons. The molecule has 16 nitrogen and oxygen atoms in total. The smallest absolute Gasteiger partial charge is 0.407 e. The molecule has 306 valence electrons. The number of nitriles is 1. The number of aromatic nitrogens is 1. The number of aromatic hydroxyl groups is 1. The summed E-state index contributed by atoms with van der Waals surface area (Å²) in [5, 5.41) is 36.2. The average Bonchev–Trinajstić information content (AvgIpc) is 3.88. The molecule has 2 atom stereocenters. The van der Waals surface area contributed by atoms with E-state index in [0.717, 1.165) is 16.7 Å². The van der Waals surface area contributed by atoms with Crippen molar-refractivity contribution >= 4 is 35.4 Å². The number of methoxy groups -OCH3 is 2. The summed E-state index contributed by atoms with van der Waals surface area (Å²) in [4.78, 5) is 51.0. The Balaban J connectivity index is 0.000000280. The number of hydrogen-bond donors (Lipinski definition) is 5. The highest BCUT2D eigenvalue weighted by molar-refractivity contribution is 6.00. The number of nitrogens with zero attached hydrogens (tertiary/aromatic N) is 2. The van der Waals surface area contributed by atoms with E-state index in [4.69, 9.17) is 33.7 Å². The number of anilines is 2. The molecule has 2 heterocycles. The van der Waals surface area contributed by atoms with E-state index in [2.05, 4.69) is 20.9 Å². The molecule has 0 saturated carbocycles. The van der Waals surface area contributed by atoms with Crippen LogP contribution in [0.5, 0.6) is 17.2 Å². The fourth-order valence-electron chi connectivity index (χ4n) is 6.03. The van der Waals surface area contributed by atoms with Gasteiger partial charge in [-0.1, -0.05) is 30.7 Å². The predicted octanol–water partition coefficient (Wildman–Crippen LogP) is 8.21. The first-order chi connectivity index (χ1) is 27.8. The number of rotatable bonds is 15. The van der Waals surface area contributed by atoms with Crippen LogP contribution >= 0.6 is 0 Å². The van der Waals surface area contributed by atoms with Gasteiger partial charge in [0.1, 0.15) is 35.5 Å². The number of esters is 1. The first-order valence-electron chi connectivity index (χ1n) is 18.3. The van der Waals surface area contributed by atoms with Crippen molar-refractivity contribution in [2.45, 2.75) is 78.6 Å². The zero-order chi connectivity index (χ0) is 42.4. The van der Waals surface area contributed by atoms with Gasteiger partial charge in [0, 0.05) is 35.0 Å². The largest absolute Gasteiger partial charge is 0.507 e. The zero-order valence-electron chi connectivity index (χ0n) is 33.1. The number of carboxylic acids is 1. The number of ether oxygens (including phenoxy) is 4. The fourth-order valence-corrected chi connectivity index (χ4v) is 6.03. The third kappa shape index (κ3) is 11.5. The molecular weight excluding hydrogens is 750 g/mol. The first-order valence-corrected chi connectivity index (χ1v) is 18.3. The van der Waals surface area contributed by atoms with Crippen LogP contribution in [0.15, 0.2) is 71.1 Å². The van der Waals surface area contributed by atoms with E-state index in [9.17, 15) is 24.3 Å². The van der Waals surface area contributed by atoms with Gasteiger partial charge in [0.25, 0.3) is 0 Å². The van der Waals surface area contributed by atoms with Crippen molar-refractivity contribution in [1.29, 1.82) is 5.26 Å². The molecule has 1 aliphatic heterocycles. The van der Waals surface area contributed by atoms with E-state index in [1.54, 1.807) is 49.5 Å². The number of phenolic OH excluding ortho intramolecular Hbond substituents is 1. The van der Waals surface area contributed by atoms with E-state index in [1.165, 1.54) is 20.6 Å². The molecule has 0 spiro atoms. The number of aliphatic carboxylic acids is 1. The first kappa shape index (κ1) is 43.7. The van der Waals surface area contributed by atoms with Crippen molar-refractivity contribution in [3.05, 3.63) is 94.5 Å². The lowest BCUT2D eigenvalue weighted by Gasteiger charge is -2.18. The van der Waals surface area contributed by atoms with Crippen LogP contribution in [0.3, 0.4) is 0 Å². The molecule has 3 amide bonds. The van der Waals surface area contributed by atoms with Crippen molar-refractivity contribution in [3.63, 3.8) is 0 Å². The molecule has 3 aromatic carbocycles. The molecule has 5 N–H and O–H groups in total. The number of nitrogens with one attached hydrogen (secondary N) is 3. The number of phenols is 1. The van der Waals surface area contributed by atoms with E-state index in [0.29, 0.717) is 64.6 Å². The molecule has 5 rings (SSSR count). The van der Waals surface area contributed by atoms with Gasteiger partial charge in [-0.25, -0.2) is 19.4 Å². The highest BCUT2D eigenvalue weighted by Gasteiger charge is 2.32. The summed E-state index contributed by atoms with van der Waals surface area (Å²) >= 11 is 0. The molecule has 1 aromatic heterocycles. The van der Waals surface area contributed by atoms with Crippen LogP contribution in [0.25, 0.3) is 11.3 Å². The van der Waals surface area contributed by atoms with Crippen LogP contribution in [0, 0.1) is 18.3 Å². The van der Waals surface area contributed by atoms with E-state index in [-0.39, 0.29) is 36.8 Å². The summed E-state index contributed by atoms with van der Waals surface area (Å²) in [6.45, 7) is 7.44. The van der Waals surface area contributed by atoms with Gasteiger partial charge in [-0.3, -0.25) is 4.79 Å². The number of hydrogen-bond acceptors (Lipinski definition) is 12. The number of oxazole rings is 1. The Morgan fingerprint density at radius 2 is 1.83 bits per heavy atom. The summed E-state index contributed by atoms with van der Waals surface area (Å²) in [5.41, 5.74) is 5.59. The molecule has 1 unspecified atom stereocenters. The van der Waals surface area contributed by atoms with Crippen LogP contribution in [-0.4, -0.2) is 59.6 Å². The summed E-state index contributed by atoms with van der Waals surface area (Å²) in [6, 6.07) is 13.4. The number of urea groups is 1. The van der Waals surface area contributed by atoms with Crippen molar-refractivity contribution in [2.24, 2.45) is 0 Å². The molecule has 1 aliphatic rings. The Morgan fingerprint density at radius 3 is 2.47 bits per heavy atom. The summed E-state index contributed by atoms with van der Waals surface area (Å²) in [5.74, 6) is 0.101. The average molecular weight is 798 g/mol. The van der Waals surface area contributed by atoms with E-state index >= 15 is 0 Å². The standard InChI is InChI=1S/C25H27N5O5.C17H20O6/c1-4-20(10-11-26)35-25(32)28-16(2)17-6-5-7-18(12-17)29-24(31)30-19-8-9-21(22(13-19)33-3)23-14-27-15-34-23;1-9(5-7-13(18)19)4-6-11-15(20)14-12(8-23-17(14)21)10(2)16(11)22-3/h5-9,12-16,20H,4,10H2,1-3H3,(H,28,32)(H2,29,30,31);4,20H,5-8H2,1-3H3,(H,18,19)/b;9-4+/t16-,20?;/m0./s1. The number of alkyl carbamates (subject to hydrolysis) is 1. The van der Waals surface area contributed by atoms with Gasteiger partial charge in [0.15, 0.2) is 12.2 Å². The summed E-state index contributed by atoms with van der Waals surface area (Å²) in [7, 11) is 3.04. The highest BCUT2D eigenvalue weighted by atomic mass is 16.6. The second kappa shape index (κ2) is 20.8. The number of cyclic esters (lactones) is 1. The lowest BCUT2D eigenvalue weighted by atomic mass is 9.94. The van der Waals surface area contributed by atoms with Crippen molar-refractivity contribution < 1.29 is 52.8 Å². The zero-order valence-corrected chi connectivity index (χ0v) is 33.1. The van der Waals surface area contributed by atoms with E-state index in [1.807, 2.05) is 39.0 Å². The number of amides is 3. The highest BCUT2D eigenvalue weighted by Crippen LogP contribution is 2.42. The minimum atomic E-state index is -0.853. The Morgan fingerprint density at radius 1 is 1.09 bits per heavy atom. The lowest BCUT2D eigenvalue weighted by Crippen LogP contribution is -2.31. The van der Waals surface area contributed by atoms with E-state index < -0.39 is 30.2 Å². The molecule has 4 aromatic rings. The topological polar surface area (TPSA) is 232 Å². The molecule has 0 fully saturated rings. The Bertz CT molecular complexity index is 2180. The number of carbonyl (C=O) groups excluding carboxylic acids is 3. The van der Waals surface area contributed by atoms with Gasteiger partial charge in [-0.15, -0.1) is 0 Å². The Kier molecular flexibility index (Phi) is 15.7. The Hall–Kier alpha value is -7.02. The number of allylic oxidation sites excluding steroid dienone is 2. The van der Waals surface area contributed by atoms with Crippen LogP contribution in [0.2, 0.25) is 0 Å². The minimum absolute atomic E-state index is 0.0565. The van der Waals surface area contributed by atoms with Gasteiger partial charge in [0.2, 0.25) is 0 Å². The number of carbonyl (C=O) groups is 4. The monoisotopic (exact) mass is 797 g/mol. The third-order valence-electron chi connectivity index (χ3n) is 9.22. The number of benzene rings is 3. The van der Waals surface area contributed by atoms with Crippen LogP contribution in [0.1, 0.15) is 85.1 Å². The van der Waals surface area contributed by atoms with Gasteiger partial charge < -0.3 is 49.5 Å². The maximum Gasteiger partial charge on any atom is 0.407 e. The molecule has 0 bridgehead atoms. The summed E-state index contributed by atoms with van der Waals surface area (Å²) < 4.78 is 26.4. The third-order valence-corrected chi connectivity index (χ3v) is 9.22. The van der Waals surface area contributed by atoms with Gasteiger partial charge in [-0.05, 0) is 75.4 Å². The molecule has 0 saturated heterocycles. The van der Waals surface area contributed by atoms with Gasteiger partial charge >= 0.3 is 24.1 Å². The maximum atomic E-state index is 12.6. The fraction of sp³-hybridized carbons (Fsp3) is 0.333. The van der Waals surface area contributed by atoms with Gasteiger partial charge in [-0.2, -0.15) is 5.26 Å². The molecule has 58 heavy (non-hydrogen) atoms. The lowest BCUT2D eigenvalue weighted by molar-refractivity contribution is -0.136. The van der Waals surface area contributed by atoms with Crippen LogP contribution in [0.4, 0.5) is 21.0 Å². The van der Waals surface area contributed by atoms with Crippen molar-refractivity contribution in [1.82, 2.24) is 10.3 Å². The quantitative estimate of drug-likeness (QED) is 0.0564. The Labute approximate surface area is 335 Å². The molecule has 16 heteroatoms. The predicted molar refractivity (Wildman–Crippen MR) is 213 cm³/mol. The molecule has 0 aliphatic carbocycles. The van der Waals surface area contributed by atoms with Crippen LogP contribution < -0.4 is 25.4 Å². The molecular formula is C42H47N5O11. The van der Waals surface area contributed by atoms with Gasteiger partial charge in [0.05, 0.1) is 44.5 Å². The number of fused-ring (bicyclic) bond motifs is 1. The van der Waals surface area contributed by atoms with Crippen molar-refractivity contribution in [2.75, 3.05) is 24.9 Å². The second-order valence-corrected chi connectivity index (χ2v) is 13.2. The normalized spacial score (nSPS) is 12.7. The number of carboxylic acid groups (broad SMARTS) is 1. The maximum absolute atomic E-state index is 12.6. The second-order valence-electron chi connectivity index (χ2n) is 13.2.